The van der Waals surface area contributed by atoms with E-state index < -0.39 is 24.6 Å². The fraction of sp³-hybridized carbons (Fsp3) is 0.250. The highest BCUT2D eigenvalue weighted by molar-refractivity contribution is 6.30. The molecular weight excluding hydrogens is 400 g/mol. The molecule has 2 aromatic rings. The van der Waals surface area contributed by atoms with Crippen LogP contribution in [0.25, 0.3) is 0 Å². The lowest BCUT2D eigenvalue weighted by molar-refractivity contribution is -0.153. The number of amides is 2. The summed E-state index contributed by atoms with van der Waals surface area (Å²) in [7, 11) is 1.44. The highest BCUT2D eigenvalue weighted by Crippen LogP contribution is 2.27. The summed E-state index contributed by atoms with van der Waals surface area (Å²) in [6.07, 6.45) is -0.915. The molecule has 8 nitrogen and oxygen atoms in total. The molecule has 0 aliphatic carbocycles. The predicted octanol–water partition coefficient (Wildman–Crippen LogP) is 3.26. The smallest absolute Gasteiger partial charge is 0.347 e. The van der Waals surface area contributed by atoms with E-state index in [4.69, 9.17) is 25.8 Å². The van der Waals surface area contributed by atoms with Gasteiger partial charge in [0.2, 0.25) is 5.91 Å². The molecule has 2 amide bonds. The van der Waals surface area contributed by atoms with Crippen molar-refractivity contribution < 1.29 is 28.6 Å². The van der Waals surface area contributed by atoms with Crippen LogP contribution < -0.4 is 20.1 Å². The van der Waals surface area contributed by atoms with Crippen LogP contribution in [0.1, 0.15) is 13.8 Å². The average molecular weight is 421 g/mol. The fourth-order valence-corrected chi connectivity index (χ4v) is 2.42. The molecule has 0 radical (unpaired) electrons. The van der Waals surface area contributed by atoms with E-state index in [0.717, 1.165) is 0 Å². The molecule has 0 bridgehead atoms. The molecule has 0 aromatic heterocycles. The van der Waals surface area contributed by atoms with E-state index in [1.807, 2.05) is 0 Å². The first kappa shape index (κ1) is 22.0. The summed E-state index contributed by atoms with van der Waals surface area (Å²) in [5.74, 6) is -0.693. The number of methoxy groups -OCH3 is 1. The third kappa shape index (κ3) is 7.00. The molecule has 2 N–H and O–H groups in total. The number of rotatable bonds is 8. The van der Waals surface area contributed by atoms with Gasteiger partial charge in [0.1, 0.15) is 11.5 Å². The number of anilines is 2. The van der Waals surface area contributed by atoms with E-state index in [9.17, 15) is 14.4 Å². The van der Waals surface area contributed by atoms with Crippen LogP contribution in [0.5, 0.6) is 11.5 Å². The van der Waals surface area contributed by atoms with Crippen LogP contribution in [0.15, 0.2) is 42.5 Å². The predicted molar refractivity (Wildman–Crippen MR) is 108 cm³/mol. The first-order valence-electron chi connectivity index (χ1n) is 8.63. The largest absolute Gasteiger partial charge is 0.495 e. The number of carbonyl (C=O) groups is 3. The summed E-state index contributed by atoms with van der Waals surface area (Å²) in [6.45, 7) is 2.37. The van der Waals surface area contributed by atoms with Crippen LogP contribution in [0.3, 0.4) is 0 Å². The molecule has 154 valence electrons. The second kappa shape index (κ2) is 10.3. The SMILES string of the molecule is COc1ccc(NC(C)=O)cc1NC(=O)COC(=O)[C@H](C)Oc1ccc(Cl)cc1. The molecule has 2 aromatic carbocycles. The van der Waals surface area contributed by atoms with Crippen LogP contribution >= 0.6 is 11.6 Å². The summed E-state index contributed by atoms with van der Waals surface area (Å²) in [5, 5.41) is 5.73. The molecule has 0 fully saturated rings. The van der Waals surface area contributed by atoms with Crippen LogP contribution in [-0.4, -0.2) is 37.6 Å². The Kier molecular flexibility index (Phi) is 7.85. The van der Waals surface area contributed by atoms with Gasteiger partial charge in [-0.3, -0.25) is 9.59 Å². The maximum Gasteiger partial charge on any atom is 0.347 e. The van der Waals surface area contributed by atoms with E-state index in [2.05, 4.69) is 10.6 Å². The lowest BCUT2D eigenvalue weighted by Gasteiger charge is -2.15. The number of esters is 1. The number of halogens is 1. The second-order valence-electron chi connectivity index (χ2n) is 5.97. The number of benzene rings is 2. The van der Waals surface area contributed by atoms with Crippen molar-refractivity contribution in [3.05, 3.63) is 47.5 Å². The van der Waals surface area contributed by atoms with Crippen LogP contribution in [0, 0.1) is 0 Å². The van der Waals surface area contributed by atoms with Crippen molar-refractivity contribution in [3.8, 4) is 11.5 Å². The van der Waals surface area contributed by atoms with Gasteiger partial charge in [-0.1, -0.05) is 11.6 Å². The Bertz CT molecular complexity index is 885. The van der Waals surface area contributed by atoms with Gasteiger partial charge < -0.3 is 24.8 Å². The third-order valence-electron chi connectivity index (χ3n) is 3.60. The number of hydrogen-bond donors (Lipinski definition) is 2. The standard InChI is InChI=1S/C20H21ClN2O6/c1-12(29-16-7-4-14(21)5-8-16)20(26)28-11-19(25)23-17-10-15(22-13(2)24)6-9-18(17)27-3/h4-10,12H,11H2,1-3H3,(H,22,24)(H,23,25)/t12-/m0/s1. The average Bonchev–Trinajstić information content (AvgIpc) is 2.67. The van der Waals surface area contributed by atoms with Gasteiger partial charge >= 0.3 is 5.97 Å². The normalized spacial score (nSPS) is 11.2. The quantitative estimate of drug-likeness (QED) is 0.635. The van der Waals surface area contributed by atoms with Crippen molar-refractivity contribution in [1.82, 2.24) is 0 Å². The second-order valence-corrected chi connectivity index (χ2v) is 6.40. The minimum Gasteiger partial charge on any atom is -0.495 e. The van der Waals surface area contributed by atoms with Crippen LogP contribution in [0.4, 0.5) is 11.4 Å². The fourth-order valence-electron chi connectivity index (χ4n) is 2.29. The van der Waals surface area contributed by atoms with E-state index in [1.54, 1.807) is 36.4 Å². The third-order valence-corrected chi connectivity index (χ3v) is 3.85. The molecule has 0 unspecified atom stereocenters. The number of nitrogens with one attached hydrogen (secondary N) is 2. The molecule has 29 heavy (non-hydrogen) atoms. The van der Waals surface area contributed by atoms with E-state index >= 15 is 0 Å². The highest BCUT2D eigenvalue weighted by atomic mass is 35.5. The lowest BCUT2D eigenvalue weighted by Crippen LogP contribution is -2.29. The monoisotopic (exact) mass is 420 g/mol. The van der Waals surface area contributed by atoms with Crippen molar-refractivity contribution in [2.45, 2.75) is 20.0 Å². The molecule has 0 heterocycles. The van der Waals surface area contributed by atoms with Gasteiger partial charge in [-0.25, -0.2) is 4.79 Å². The zero-order valence-corrected chi connectivity index (χ0v) is 16.9. The first-order chi connectivity index (χ1) is 13.8. The molecule has 0 aliphatic rings. The van der Waals surface area contributed by atoms with Gasteiger partial charge in [0, 0.05) is 17.6 Å². The Balaban J connectivity index is 1.90. The molecule has 0 saturated heterocycles. The lowest BCUT2D eigenvalue weighted by atomic mass is 10.2. The maximum atomic E-state index is 12.2. The maximum absolute atomic E-state index is 12.2. The molecule has 0 saturated carbocycles. The zero-order chi connectivity index (χ0) is 21.4. The summed E-state index contributed by atoms with van der Waals surface area (Å²) in [5.41, 5.74) is 0.806. The van der Waals surface area contributed by atoms with Crippen molar-refractivity contribution >= 4 is 40.8 Å². The zero-order valence-electron chi connectivity index (χ0n) is 16.2. The van der Waals surface area contributed by atoms with Crippen molar-refractivity contribution in [1.29, 1.82) is 0 Å². The number of hydrogen-bond acceptors (Lipinski definition) is 6. The Hall–Kier alpha value is -3.26. The number of ether oxygens (including phenoxy) is 3. The van der Waals surface area contributed by atoms with Gasteiger partial charge in [0.15, 0.2) is 12.7 Å². The molecule has 2 rings (SSSR count). The van der Waals surface area contributed by atoms with Crippen molar-refractivity contribution in [2.75, 3.05) is 24.4 Å². The number of carbonyl (C=O) groups excluding carboxylic acids is 3. The Morgan fingerprint density at radius 2 is 1.76 bits per heavy atom. The minimum atomic E-state index is -0.915. The van der Waals surface area contributed by atoms with Gasteiger partial charge in [-0.05, 0) is 49.4 Å². The topological polar surface area (TPSA) is 103 Å². The Labute approximate surface area is 173 Å². The Morgan fingerprint density at radius 1 is 1.07 bits per heavy atom. The highest BCUT2D eigenvalue weighted by Gasteiger charge is 2.18. The van der Waals surface area contributed by atoms with E-state index in [0.29, 0.717) is 27.9 Å². The summed E-state index contributed by atoms with van der Waals surface area (Å²) < 4.78 is 15.6. The molecule has 9 heteroatoms. The van der Waals surface area contributed by atoms with Gasteiger partial charge in [0.25, 0.3) is 5.91 Å². The van der Waals surface area contributed by atoms with E-state index in [-0.39, 0.29) is 5.91 Å². The summed E-state index contributed by atoms with van der Waals surface area (Å²) in [6, 6.07) is 11.3. The minimum absolute atomic E-state index is 0.254. The molecule has 0 spiro atoms. The summed E-state index contributed by atoms with van der Waals surface area (Å²) >= 11 is 5.80. The van der Waals surface area contributed by atoms with Crippen molar-refractivity contribution in [3.63, 3.8) is 0 Å². The Morgan fingerprint density at radius 3 is 2.38 bits per heavy atom. The van der Waals surface area contributed by atoms with Gasteiger partial charge in [-0.2, -0.15) is 0 Å². The van der Waals surface area contributed by atoms with Gasteiger partial charge in [0.05, 0.1) is 12.8 Å². The van der Waals surface area contributed by atoms with Crippen LogP contribution in [0.2, 0.25) is 5.02 Å². The van der Waals surface area contributed by atoms with E-state index in [1.165, 1.54) is 27.0 Å². The molecule has 1 atom stereocenters. The summed E-state index contributed by atoms with van der Waals surface area (Å²) in [4.78, 5) is 35.4. The van der Waals surface area contributed by atoms with Crippen molar-refractivity contribution in [2.24, 2.45) is 0 Å². The van der Waals surface area contributed by atoms with Crippen LogP contribution in [-0.2, 0) is 19.1 Å². The first-order valence-corrected chi connectivity index (χ1v) is 9.00. The molecular formula is C20H21ClN2O6. The van der Waals surface area contributed by atoms with Gasteiger partial charge in [-0.15, -0.1) is 0 Å². The molecule has 0 aliphatic heterocycles.